The summed E-state index contributed by atoms with van der Waals surface area (Å²) < 4.78 is 38.3. The molecule has 116 valence electrons. The number of hydrogen-bond acceptors (Lipinski definition) is 2. The maximum absolute atomic E-state index is 12.8. The topological polar surface area (TPSA) is 32.3 Å². The zero-order valence-electron chi connectivity index (χ0n) is 11.9. The predicted octanol–water partition coefficient (Wildman–Crippen LogP) is 2.89. The number of likely N-dealkylation sites (tertiary alicyclic amines) is 1. The second kappa shape index (κ2) is 6.47. The number of rotatable bonds is 4. The number of amides is 1. The van der Waals surface area contributed by atoms with Gasteiger partial charge in [-0.05, 0) is 12.0 Å². The van der Waals surface area contributed by atoms with E-state index in [0.29, 0.717) is 24.9 Å². The summed E-state index contributed by atoms with van der Waals surface area (Å²) in [6, 6.07) is 7.75. The average molecular weight is 300 g/mol. The van der Waals surface area contributed by atoms with Crippen molar-refractivity contribution in [3.63, 3.8) is 0 Å². The van der Waals surface area contributed by atoms with E-state index < -0.39 is 18.6 Å². The van der Waals surface area contributed by atoms with Crippen molar-refractivity contribution < 1.29 is 18.0 Å². The molecule has 1 aromatic rings. The minimum absolute atomic E-state index is 0.0418. The van der Waals surface area contributed by atoms with Gasteiger partial charge in [-0.25, -0.2) is 0 Å². The van der Waals surface area contributed by atoms with Crippen molar-refractivity contribution in [1.82, 2.24) is 10.2 Å². The molecule has 6 heteroatoms. The number of carbonyl (C=O) groups excluding carboxylic acids is 1. The van der Waals surface area contributed by atoms with E-state index in [2.05, 4.69) is 5.32 Å². The highest BCUT2D eigenvalue weighted by molar-refractivity contribution is 5.76. The molecule has 0 bridgehead atoms. The van der Waals surface area contributed by atoms with Gasteiger partial charge >= 0.3 is 6.18 Å². The van der Waals surface area contributed by atoms with E-state index in [9.17, 15) is 18.0 Å². The van der Waals surface area contributed by atoms with E-state index in [0.717, 1.165) is 0 Å². The van der Waals surface area contributed by atoms with Crippen LogP contribution in [-0.2, 0) is 4.79 Å². The molecule has 21 heavy (non-hydrogen) atoms. The zero-order valence-corrected chi connectivity index (χ0v) is 11.9. The van der Waals surface area contributed by atoms with Crippen LogP contribution in [0.5, 0.6) is 0 Å². The number of likely N-dealkylation sites (N-methyl/N-ethyl adjacent to an activating group) is 1. The molecule has 0 saturated carbocycles. The van der Waals surface area contributed by atoms with Crippen molar-refractivity contribution in [2.24, 2.45) is 0 Å². The summed E-state index contributed by atoms with van der Waals surface area (Å²) in [5, 5.41) is 3.07. The van der Waals surface area contributed by atoms with E-state index in [4.69, 9.17) is 0 Å². The van der Waals surface area contributed by atoms with Crippen LogP contribution in [0.25, 0.3) is 0 Å². The average Bonchev–Trinajstić information content (AvgIpc) is 2.42. The highest BCUT2D eigenvalue weighted by Gasteiger charge is 2.34. The van der Waals surface area contributed by atoms with Gasteiger partial charge in [0.15, 0.2) is 0 Å². The molecule has 2 unspecified atom stereocenters. The second-order valence-corrected chi connectivity index (χ2v) is 5.46. The molecule has 1 aliphatic rings. The van der Waals surface area contributed by atoms with Crippen molar-refractivity contribution in [3.8, 4) is 0 Å². The highest BCUT2D eigenvalue weighted by Crippen LogP contribution is 2.30. The molecule has 1 aromatic carbocycles. The molecule has 1 heterocycles. The van der Waals surface area contributed by atoms with Crippen molar-refractivity contribution in [2.75, 3.05) is 13.6 Å². The van der Waals surface area contributed by atoms with Crippen LogP contribution in [-0.4, -0.2) is 36.6 Å². The lowest BCUT2D eigenvalue weighted by atomic mass is 9.99. The third-order valence-corrected chi connectivity index (χ3v) is 3.70. The fraction of sp³-hybridized carbons (Fsp3) is 0.533. The van der Waals surface area contributed by atoms with E-state index in [-0.39, 0.29) is 11.9 Å². The van der Waals surface area contributed by atoms with Gasteiger partial charge < -0.3 is 10.2 Å². The number of carbonyl (C=O) groups is 1. The number of benzene rings is 1. The predicted molar refractivity (Wildman–Crippen MR) is 73.6 cm³/mol. The lowest BCUT2D eigenvalue weighted by Gasteiger charge is -2.33. The van der Waals surface area contributed by atoms with E-state index in [1.54, 1.807) is 42.3 Å². The van der Waals surface area contributed by atoms with Gasteiger partial charge in [0.05, 0.1) is 6.42 Å². The van der Waals surface area contributed by atoms with Gasteiger partial charge in [0.25, 0.3) is 0 Å². The van der Waals surface area contributed by atoms with Gasteiger partial charge in [-0.3, -0.25) is 4.79 Å². The molecule has 0 aliphatic carbocycles. The molecule has 1 amide bonds. The quantitative estimate of drug-likeness (QED) is 0.927. The van der Waals surface area contributed by atoms with Crippen LogP contribution in [0.3, 0.4) is 0 Å². The number of halogens is 3. The lowest BCUT2D eigenvalue weighted by molar-refractivity contribution is -0.142. The van der Waals surface area contributed by atoms with E-state index in [1.807, 2.05) is 0 Å². The van der Waals surface area contributed by atoms with E-state index in [1.165, 1.54) is 0 Å². The first kappa shape index (κ1) is 15.8. The number of piperidine rings is 1. The summed E-state index contributed by atoms with van der Waals surface area (Å²) in [5.74, 6) is 0.0418. The van der Waals surface area contributed by atoms with Gasteiger partial charge in [0.2, 0.25) is 5.91 Å². The van der Waals surface area contributed by atoms with Crippen molar-refractivity contribution in [3.05, 3.63) is 35.9 Å². The minimum Gasteiger partial charge on any atom is -0.344 e. The van der Waals surface area contributed by atoms with Crippen molar-refractivity contribution in [2.45, 2.75) is 37.5 Å². The lowest BCUT2D eigenvalue weighted by Crippen LogP contribution is -2.48. The summed E-state index contributed by atoms with van der Waals surface area (Å²) in [5.41, 5.74) is 0.620. The molecular formula is C15H19F3N2O. The van der Waals surface area contributed by atoms with Crippen LogP contribution in [0.4, 0.5) is 13.2 Å². The molecule has 3 nitrogen and oxygen atoms in total. The first-order valence-electron chi connectivity index (χ1n) is 6.97. The smallest absolute Gasteiger partial charge is 0.344 e. The molecular weight excluding hydrogens is 281 g/mol. The molecule has 0 spiro atoms. The third kappa shape index (κ3) is 4.74. The fourth-order valence-corrected chi connectivity index (χ4v) is 2.62. The molecule has 0 aromatic heterocycles. The van der Waals surface area contributed by atoms with Crippen LogP contribution in [0.15, 0.2) is 30.3 Å². The normalized spacial score (nSPS) is 21.4. The SMILES string of the molecule is CN1CC(NC(CC(F)(F)F)c2ccccc2)CCC1=O. The molecule has 0 radical (unpaired) electrons. The maximum Gasteiger partial charge on any atom is 0.390 e. The first-order valence-corrected chi connectivity index (χ1v) is 6.97. The number of nitrogens with zero attached hydrogens (tertiary/aromatic N) is 1. The standard InChI is InChI=1S/C15H19F3N2O/c1-20-10-12(7-8-14(20)21)19-13(9-15(16,17)18)11-5-3-2-4-6-11/h2-6,12-13,19H,7-10H2,1H3. The fourth-order valence-electron chi connectivity index (χ4n) is 2.62. The monoisotopic (exact) mass is 300 g/mol. The molecule has 1 aliphatic heterocycles. The zero-order chi connectivity index (χ0) is 15.5. The first-order chi connectivity index (χ1) is 9.85. The molecule has 2 rings (SSSR count). The Bertz CT molecular complexity index is 476. The molecule has 1 fully saturated rings. The Morgan fingerprint density at radius 1 is 1.33 bits per heavy atom. The largest absolute Gasteiger partial charge is 0.390 e. The van der Waals surface area contributed by atoms with Crippen LogP contribution in [0.2, 0.25) is 0 Å². The van der Waals surface area contributed by atoms with E-state index >= 15 is 0 Å². The Hall–Kier alpha value is -1.56. The van der Waals surface area contributed by atoms with Gasteiger partial charge in [-0.1, -0.05) is 30.3 Å². The van der Waals surface area contributed by atoms with Crippen LogP contribution in [0, 0.1) is 0 Å². The Morgan fingerprint density at radius 2 is 2.00 bits per heavy atom. The van der Waals surface area contributed by atoms with Crippen LogP contribution in [0.1, 0.15) is 30.9 Å². The van der Waals surface area contributed by atoms with Gasteiger partial charge in [-0.2, -0.15) is 13.2 Å². The van der Waals surface area contributed by atoms with Crippen molar-refractivity contribution in [1.29, 1.82) is 0 Å². The number of nitrogens with one attached hydrogen (secondary N) is 1. The van der Waals surface area contributed by atoms with Gasteiger partial charge in [0, 0.05) is 32.1 Å². The summed E-state index contributed by atoms with van der Waals surface area (Å²) in [4.78, 5) is 13.0. The Balaban J connectivity index is 2.08. The van der Waals surface area contributed by atoms with Gasteiger partial charge in [0.1, 0.15) is 0 Å². The Kier molecular flexibility index (Phi) is 4.88. The highest BCUT2D eigenvalue weighted by atomic mass is 19.4. The third-order valence-electron chi connectivity index (χ3n) is 3.70. The van der Waals surface area contributed by atoms with Crippen LogP contribution < -0.4 is 5.32 Å². The summed E-state index contributed by atoms with van der Waals surface area (Å²) in [6.45, 7) is 0.444. The Morgan fingerprint density at radius 3 is 2.57 bits per heavy atom. The maximum atomic E-state index is 12.8. The number of hydrogen-bond donors (Lipinski definition) is 1. The van der Waals surface area contributed by atoms with Crippen LogP contribution >= 0.6 is 0 Å². The van der Waals surface area contributed by atoms with Gasteiger partial charge in [-0.15, -0.1) is 0 Å². The molecule has 2 atom stereocenters. The summed E-state index contributed by atoms with van der Waals surface area (Å²) in [7, 11) is 1.68. The molecule has 1 N–H and O–H groups in total. The minimum atomic E-state index is -4.23. The number of alkyl halides is 3. The second-order valence-electron chi connectivity index (χ2n) is 5.46. The molecule has 1 saturated heterocycles. The summed E-state index contributed by atoms with van der Waals surface area (Å²) >= 11 is 0. The summed E-state index contributed by atoms with van der Waals surface area (Å²) in [6.07, 6.45) is -4.19. The Labute approximate surface area is 122 Å². The van der Waals surface area contributed by atoms with Crippen molar-refractivity contribution >= 4 is 5.91 Å².